The van der Waals surface area contributed by atoms with Crippen molar-refractivity contribution in [1.29, 1.82) is 0 Å². The van der Waals surface area contributed by atoms with Gasteiger partial charge in [-0.2, -0.15) is 0 Å². The van der Waals surface area contributed by atoms with Crippen LogP contribution < -0.4 is 0 Å². The maximum atomic E-state index is 2.40. The van der Waals surface area contributed by atoms with Gasteiger partial charge in [0.2, 0.25) is 0 Å². The van der Waals surface area contributed by atoms with Crippen molar-refractivity contribution in [2.24, 2.45) is 7.05 Å². The second-order valence-electron chi connectivity index (χ2n) is 6.14. The third kappa shape index (κ3) is 2.18. The van der Waals surface area contributed by atoms with Gasteiger partial charge in [0.15, 0.2) is 0 Å². The van der Waals surface area contributed by atoms with Gasteiger partial charge in [0.1, 0.15) is 0 Å². The molecule has 0 amide bonds. The Balaban J connectivity index is 3.21. The zero-order valence-electron chi connectivity index (χ0n) is 12.0. The summed E-state index contributed by atoms with van der Waals surface area (Å²) in [4.78, 5) is 0. The topological polar surface area (TPSA) is 4.93 Å². The molecule has 0 aliphatic heterocycles. The lowest BCUT2D eigenvalue weighted by molar-refractivity contribution is 0.436. The average molecular weight is 221 g/mol. The number of hydrogen-bond donors (Lipinski definition) is 0. The zero-order valence-corrected chi connectivity index (χ0v) is 12.0. The van der Waals surface area contributed by atoms with Crippen molar-refractivity contribution in [3.8, 4) is 0 Å². The van der Waals surface area contributed by atoms with E-state index in [1.54, 1.807) is 0 Å². The molecule has 1 rings (SSSR count). The second-order valence-corrected chi connectivity index (χ2v) is 6.14. The largest absolute Gasteiger partial charge is 0.351 e. The minimum atomic E-state index is 0.275. The van der Waals surface area contributed by atoms with Crippen LogP contribution in [-0.4, -0.2) is 4.57 Å². The van der Waals surface area contributed by atoms with Crippen molar-refractivity contribution < 1.29 is 0 Å². The summed E-state index contributed by atoms with van der Waals surface area (Å²) in [5.74, 6) is 0. The van der Waals surface area contributed by atoms with Crippen molar-refractivity contribution in [2.75, 3.05) is 0 Å². The van der Waals surface area contributed by atoms with Crippen LogP contribution in [0, 0.1) is 0 Å². The van der Waals surface area contributed by atoms with Gasteiger partial charge in [-0.05, 0) is 25.0 Å². The van der Waals surface area contributed by atoms with E-state index in [0.717, 1.165) is 0 Å². The first-order valence-corrected chi connectivity index (χ1v) is 6.43. The smallest absolute Gasteiger partial charge is 0.0231 e. The van der Waals surface area contributed by atoms with Crippen molar-refractivity contribution in [1.82, 2.24) is 4.57 Å². The van der Waals surface area contributed by atoms with Gasteiger partial charge in [0, 0.05) is 29.3 Å². The summed E-state index contributed by atoms with van der Waals surface area (Å²) in [6.45, 7) is 13.8. The summed E-state index contributed by atoms with van der Waals surface area (Å²) in [6.07, 6.45) is 2.35. The van der Waals surface area contributed by atoms with Crippen LogP contribution in [0.4, 0.5) is 0 Å². The first-order valence-electron chi connectivity index (χ1n) is 6.43. The third-order valence-electron chi connectivity index (χ3n) is 4.28. The van der Waals surface area contributed by atoms with E-state index in [1.807, 2.05) is 0 Å². The van der Waals surface area contributed by atoms with Crippen molar-refractivity contribution in [3.63, 3.8) is 0 Å². The van der Waals surface area contributed by atoms with E-state index >= 15 is 0 Å². The Kier molecular flexibility index (Phi) is 3.56. The van der Waals surface area contributed by atoms with Crippen LogP contribution in [0.1, 0.15) is 65.8 Å². The molecule has 0 saturated carbocycles. The fourth-order valence-corrected chi connectivity index (χ4v) is 2.23. The molecule has 0 fully saturated rings. The molecule has 1 nitrogen and oxygen atoms in total. The molecule has 0 N–H and O–H groups in total. The van der Waals surface area contributed by atoms with E-state index in [0.29, 0.717) is 0 Å². The first kappa shape index (κ1) is 13.3. The van der Waals surface area contributed by atoms with Crippen LogP contribution in [-0.2, 0) is 17.9 Å². The molecule has 0 radical (unpaired) electrons. The zero-order chi connectivity index (χ0) is 12.6. The lowest BCUT2D eigenvalue weighted by atomic mass is 9.86. The molecule has 0 aliphatic carbocycles. The molecule has 0 unspecified atom stereocenters. The molecule has 1 heterocycles. The highest BCUT2D eigenvalue weighted by Crippen LogP contribution is 2.33. The molecule has 0 atom stereocenters. The van der Waals surface area contributed by atoms with Crippen LogP contribution in [0.15, 0.2) is 12.1 Å². The summed E-state index contributed by atoms with van der Waals surface area (Å²) < 4.78 is 2.40. The standard InChI is InChI=1S/C15H27N/c1-8-14(3,4)12-10-11-13(16(12)7)15(5,6)9-2/h10-11H,8-9H2,1-7H3. The molecule has 0 aromatic carbocycles. The maximum Gasteiger partial charge on any atom is 0.0231 e. The molecule has 1 aromatic heterocycles. The Morgan fingerprint density at radius 1 is 0.875 bits per heavy atom. The Morgan fingerprint density at radius 2 is 1.19 bits per heavy atom. The molecule has 16 heavy (non-hydrogen) atoms. The van der Waals surface area contributed by atoms with Crippen LogP contribution in [0.5, 0.6) is 0 Å². The molecule has 92 valence electrons. The van der Waals surface area contributed by atoms with Gasteiger partial charge in [-0.3, -0.25) is 0 Å². The lowest BCUT2D eigenvalue weighted by Gasteiger charge is -2.28. The molecule has 0 spiro atoms. The summed E-state index contributed by atoms with van der Waals surface area (Å²) in [5.41, 5.74) is 3.45. The Hall–Kier alpha value is -0.720. The highest BCUT2D eigenvalue weighted by molar-refractivity contribution is 5.27. The molecule has 0 saturated heterocycles. The van der Waals surface area contributed by atoms with Crippen molar-refractivity contribution in [3.05, 3.63) is 23.5 Å². The van der Waals surface area contributed by atoms with Gasteiger partial charge in [0.25, 0.3) is 0 Å². The number of rotatable bonds is 4. The molecule has 1 aromatic rings. The highest BCUT2D eigenvalue weighted by atomic mass is 15.0. The molecule has 0 aliphatic rings. The summed E-state index contributed by atoms with van der Waals surface area (Å²) in [5, 5.41) is 0. The highest BCUT2D eigenvalue weighted by Gasteiger charge is 2.27. The minimum Gasteiger partial charge on any atom is -0.351 e. The SMILES string of the molecule is CCC(C)(C)c1ccc(C(C)(C)CC)n1C. The average Bonchev–Trinajstić information content (AvgIpc) is 2.61. The molecular weight excluding hydrogens is 194 g/mol. The minimum absolute atomic E-state index is 0.275. The fraction of sp³-hybridized carbons (Fsp3) is 0.733. The summed E-state index contributed by atoms with van der Waals surface area (Å²) >= 11 is 0. The predicted octanol–water partition coefficient (Wildman–Crippen LogP) is 4.40. The van der Waals surface area contributed by atoms with E-state index in [1.165, 1.54) is 24.2 Å². The van der Waals surface area contributed by atoms with Crippen LogP contribution in [0.2, 0.25) is 0 Å². The third-order valence-corrected chi connectivity index (χ3v) is 4.28. The van der Waals surface area contributed by atoms with E-state index in [9.17, 15) is 0 Å². The van der Waals surface area contributed by atoms with Gasteiger partial charge in [0.05, 0.1) is 0 Å². The Bertz CT molecular complexity index is 322. The van der Waals surface area contributed by atoms with Crippen molar-refractivity contribution >= 4 is 0 Å². The lowest BCUT2D eigenvalue weighted by Crippen LogP contribution is -2.24. The number of nitrogens with zero attached hydrogens (tertiary/aromatic N) is 1. The Labute approximate surface area is 101 Å². The van der Waals surface area contributed by atoms with E-state index in [-0.39, 0.29) is 10.8 Å². The fourth-order valence-electron chi connectivity index (χ4n) is 2.23. The van der Waals surface area contributed by atoms with Crippen LogP contribution in [0.25, 0.3) is 0 Å². The van der Waals surface area contributed by atoms with E-state index in [2.05, 4.69) is 65.3 Å². The molecular formula is C15H27N. The van der Waals surface area contributed by atoms with Gasteiger partial charge in [-0.25, -0.2) is 0 Å². The van der Waals surface area contributed by atoms with Crippen molar-refractivity contribution in [2.45, 2.75) is 65.2 Å². The van der Waals surface area contributed by atoms with Crippen LogP contribution in [0.3, 0.4) is 0 Å². The van der Waals surface area contributed by atoms with Gasteiger partial charge in [-0.15, -0.1) is 0 Å². The number of hydrogen-bond acceptors (Lipinski definition) is 0. The van der Waals surface area contributed by atoms with Gasteiger partial charge >= 0.3 is 0 Å². The van der Waals surface area contributed by atoms with Crippen LogP contribution >= 0.6 is 0 Å². The monoisotopic (exact) mass is 221 g/mol. The normalized spacial score (nSPS) is 13.2. The number of aromatic nitrogens is 1. The summed E-state index contributed by atoms with van der Waals surface area (Å²) in [6, 6.07) is 4.60. The van der Waals surface area contributed by atoms with Gasteiger partial charge < -0.3 is 4.57 Å². The molecule has 1 heteroatoms. The van der Waals surface area contributed by atoms with Gasteiger partial charge in [-0.1, -0.05) is 41.5 Å². The summed E-state index contributed by atoms with van der Waals surface area (Å²) in [7, 11) is 2.21. The Morgan fingerprint density at radius 3 is 1.44 bits per heavy atom. The predicted molar refractivity (Wildman–Crippen MR) is 72.0 cm³/mol. The second kappa shape index (κ2) is 4.27. The van der Waals surface area contributed by atoms with E-state index < -0.39 is 0 Å². The first-order chi connectivity index (χ1) is 7.26. The maximum absolute atomic E-state index is 2.40. The molecule has 0 bridgehead atoms. The quantitative estimate of drug-likeness (QED) is 0.710. The van der Waals surface area contributed by atoms with E-state index in [4.69, 9.17) is 0 Å².